The number of aromatic amines is 1. The Bertz CT molecular complexity index is 1000. The van der Waals surface area contributed by atoms with Crippen LogP contribution in [0.15, 0.2) is 57.5 Å². The molecule has 0 saturated heterocycles. The summed E-state index contributed by atoms with van der Waals surface area (Å²) in [5.74, 6) is 0.711. The number of thiophene rings is 1. The van der Waals surface area contributed by atoms with E-state index in [1.165, 1.54) is 12.1 Å². The van der Waals surface area contributed by atoms with Crippen molar-refractivity contribution >= 4 is 21.4 Å². The molecular weight excluding hydrogens is 362 g/mol. The molecule has 2 N–H and O–H groups in total. The van der Waals surface area contributed by atoms with Crippen LogP contribution in [0.1, 0.15) is 5.56 Å². The van der Waals surface area contributed by atoms with E-state index in [9.17, 15) is 13.2 Å². The third-order valence-corrected chi connectivity index (χ3v) is 6.40. The first-order valence-electron chi connectivity index (χ1n) is 7.26. The van der Waals surface area contributed by atoms with Gasteiger partial charge >= 0.3 is 0 Å². The van der Waals surface area contributed by atoms with E-state index in [0.717, 1.165) is 16.9 Å². The molecule has 1 aromatic carbocycles. The minimum absolute atomic E-state index is 0.177. The highest BCUT2D eigenvalue weighted by Crippen LogP contribution is 2.28. The molecule has 0 aliphatic heterocycles. The van der Waals surface area contributed by atoms with Gasteiger partial charge in [0.25, 0.3) is 5.56 Å². The smallest absolute Gasteiger partial charge is 0.264 e. The van der Waals surface area contributed by atoms with Crippen LogP contribution < -0.4 is 15.0 Å². The van der Waals surface area contributed by atoms with Gasteiger partial charge in [-0.05, 0) is 35.9 Å². The van der Waals surface area contributed by atoms with E-state index < -0.39 is 10.0 Å². The lowest BCUT2D eigenvalue weighted by Gasteiger charge is -2.06. The van der Waals surface area contributed by atoms with Gasteiger partial charge in [0.2, 0.25) is 10.0 Å². The minimum atomic E-state index is -3.63. The summed E-state index contributed by atoms with van der Waals surface area (Å²) in [6, 6.07) is 13.2. The van der Waals surface area contributed by atoms with E-state index >= 15 is 0 Å². The Morgan fingerprint density at radius 3 is 2.52 bits per heavy atom. The van der Waals surface area contributed by atoms with E-state index in [4.69, 9.17) is 4.74 Å². The lowest BCUT2D eigenvalue weighted by Crippen LogP contribution is -2.22. The predicted octanol–water partition coefficient (Wildman–Crippen LogP) is 1.99. The molecule has 0 aliphatic carbocycles. The van der Waals surface area contributed by atoms with Crippen molar-refractivity contribution in [2.45, 2.75) is 10.8 Å². The van der Waals surface area contributed by atoms with Gasteiger partial charge in [-0.3, -0.25) is 4.79 Å². The van der Waals surface area contributed by atoms with Crippen LogP contribution >= 0.6 is 11.3 Å². The number of rotatable bonds is 6. The Morgan fingerprint density at radius 2 is 1.88 bits per heavy atom. The number of methoxy groups -OCH3 is 1. The minimum Gasteiger partial charge on any atom is -0.497 e. The molecule has 0 amide bonds. The molecule has 3 aromatic rings. The molecular formula is C16H15N3O4S2. The van der Waals surface area contributed by atoms with Gasteiger partial charge in [-0.2, -0.15) is 5.10 Å². The molecule has 0 unspecified atom stereocenters. The fraction of sp³-hybridized carbons (Fsp3) is 0.125. The standard InChI is InChI=1S/C16H15N3O4S2/c1-23-12-4-2-11(3-5-12)10-17-25(21,22)16-9-7-14(24-16)13-6-8-15(20)19-18-13/h2-9,17H,10H2,1H3,(H,19,20). The van der Waals surface area contributed by atoms with Crippen LogP contribution in [0, 0.1) is 0 Å². The van der Waals surface area contributed by atoms with Crippen LogP contribution in [0.25, 0.3) is 10.6 Å². The molecule has 0 aliphatic rings. The van der Waals surface area contributed by atoms with Gasteiger partial charge in [-0.25, -0.2) is 18.2 Å². The number of sulfonamides is 1. The van der Waals surface area contributed by atoms with Crippen LogP contribution in [0.3, 0.4) is 0 Å². The normalized spacial score (nSPS) is 11.4. The van der Waals surface area contributed by atoms with Crippen molar-refractivity contribution in [2.75, 3.05) is 7.11 Å². The molecule has 0 spiro atoms. The highest BCUT2D eigenvalue weighted by atomic mass is 32.2. The summed E-state index contributed by atoms with van der Waals surface area (Å²) in [6.07, 6.45) is 0. The van der Waals surface area contributed by atoms with Crippen LogP contribution in [0.5, 0.6) is 5.75 Å². The lowest BCUT2D eigenvalue weighted by molar-refractivity contribution is 0.414. The second-order valence-electron chi connectivity index (χ2n) is 5.10. The molecule has 0 saturated carbocycles. The maximum absolute atomic E-state index is 12.4. The third kappa shape index (κ3) is 4.13. The van der Waals surface area contributed by atoms with Gasteiger partial charge in [-0.1, -0.05) is 12.1 Å². The van der Waals surface area contributed by atoms with Crippen molar-refractivity contribution in [1.82, 2.24) is 14.9 Å². The summed E-state index contributed by atoms with van der Waals surface area (Å²) in [6.45, 7) is 0.177. The molecule has 2 aromatic heterocycles. The van der Waals surface area contributed by atoms with Crippen LogP contribution in [-0.4, -0.2) is 25.7 Å². The summed E-state index contributed by atoms with van der Waals surface area (Å²) >= 11 is 1.08. The molecule has 9 heteroatoms. The average molecular weight is 377 g/mol. The maximum Gasteiger partial charge on any atom is 0.264 e. The van der Waals surface area contributed by atoms with E-state index in [0.29, 0.717) is 16.3 Å². The second-order valence-corrected chi connectivity index (χ2v) is 8.18. The lowest BCUT2D eigenvalue weighted by atomic mass is 10.2. The Kier molecular flexibility index (Phi) is 4.98. The zero-order valence-corrected chi connectivity index (χ0v) is 14.9. The molecule has 3 rings (SSSR count). The van der Waals surface area contributed by atoms with E-state index in [1.807, 2.05) is 0 Å². The van der Waals surface area contributed by atoms with E-state index in [-0.39, 0.29) is 16.3 Å². The van der Waals surface area contributed by atoms with Crippen molar-refractivity contribution < 1.29 is 13.2 Å². The van der Waals surface area contributed by atoms with Crippen molar-refractivity contribution in [2.24, 2.45) is 0 Å². The van der Waals surface area contributed by atoms with Gasteiger partial charge in [0, 0.05) is 12.6 Å². The quantitative estimate of drug-likeness (QED) is 0.684. The Hall–Kier alpha value is -2.49. The molecule has 130 valence electrons. The highest BCUT2D eigenvalue weighted by molar-refractivity contribution is 7.91. The van der Waals surface area contributed by atoms with Gasteiger partial charge in [0.1, 0.15) is 15.7 Å². The summed E-state index contributed by atoms with van der Waals surface area (Å²) in [5.41, 5.74) is 1.03. The summed E-state index contributed by atoms with van der Waals surface area (Å²) in [4.78, 5) is 11.7. The summed E-state index contributed by atoms with van der Waals surface area (Å²) in [7, 11) is -2.06. The fourth-order valence-electron chi connectivity index (χ4n) is 2.08. The maximum atomic E-state index is 12.4. The molecule has 0 fully saturated rings. The molecule has 0 radical (unpaired) electrons. The highest BCUT2D eigenvalue weighted by Gasteiger charge is 2.17. The molecule has 25 heavy (non-hydrogen) atoms. The molecule has 0 bridgehead atoms. The summed E-state index contributed by atoms with van der Waals surface area (Å²) < 4.78 is 32.7. The van der Waals surface area contributed by atoms with E-state index in [2.05, 4.69) is 14.9 Å². The number of nitrogens with one attached hydrogen (secondary N) is 2. The Labute approximate surface area is 148 Å². The summed E-state index contributed by atoms with van der Waals surface area (Å²) in [5, 5.41) is 6.23. The van der Waals surface area contributed by atoms with Gasteiger partial charge < -0.3 is 4.74 Å². The second kappa shape index (κ2) is 7.18. The topological polar surface area (TPSA) is 101 Å². The van der Waals surface area contributed by atoms with Crippen molar-refractivity contribution in [3.63, 3.8) is 0 Å². The van der Waals surface area contributed by atoms with Gasteiger partial charge in [-0.15, -0.1) is 11.3 Å². The van der Waals surface area contributed by atoms with E-state index in [1.54, 1.807) is 43.5 Å². The SMILES string of the molecule is COc1ccc(CNS(=O)(=O)c2ccc(-c3ccc(=O)[nH]n3)s2)cc1. The number of nitrogens with zero attached hydrogens (tertiary/aromatic N) is 1. The van der Waals surface area contributed by atoms with Crippen molar-refractivity contribution in [1.29, 1.82) is 0 Å². The van der Waals surface area contributed by atoms with Crippen molar-refractivity contribution in [3.05, 3.63) is 64.4 Å². The fourth-order valence-corrected chi connectivity index (χ4v) is 4.42. The van der Waals surface area contributed by atoms with Gasteiger partial charge in [0.15, 0.2) is 0 Å². The first-order chi connectivity index (χ1) is 12.0. The number of H-pyrrole nitrogens is 1. The monoisotopic (exact) mass is 377 g/mol. The first kappa shape index (κ1) is 17.3. The number of benzene rings is 1. The van der Waals surface area contributed by atoms with Crippen LogP contribution in [0.2, 0.25) is 0 Å². The largest absolute Gasteiger partial charge is 0.497 e. The predicted molar refractivity (Wildman–Crippen MR) is 95.2 cm³/mol. The average Bonchev–Trinajstić information content (AvgIpc) is 3.12. The van der Waals surface area contributed by atoms with Gasteiger partial charge in [0.05, 0.1) is 12.0 Å². The molecule has 0 atom stereocenters. The molecule has 2 heterocycles. The number of hydrogen-bond acceptors (Lipinski definition) is 6. The zero-order chi connectivity index (χ0) is 17.9. The third-order valence-electron chi connectivity index (χ3n) is 3.40. The zero-order valence-electron chi connectivity index (χ0n) is 13.2. The van der Waals surface area contributed by atoms with Crippen LogP contribution in [-0.2, 0) is 16.6 Å². The number of ether oxygens (including phenoxy) is 1. The number of aromatic nitrogens is 2. The molecule has 7 nitrogen and oxygen atoms in total. The van der Waals surface area contributed by atoms with Crippen molar-refractivity contribution in [3.8, 4) is 16.3 Å². The van der Waals surface area contributed by atoms with Crippen LogP contribution in [0.4, 0.5) is 0 Å². The number of hydrogen-bond donors (Lipinski definition) is 2. The Morgan fingerprint density at radius 1 is 1.12 bits per heavy atom. The first-order valence-corrected chi connectivity index (χ1v) is 9.56. The Balaban J connectivity index is 1.73.